The van der Waals surface area contributed by atoms with Crippen molar-refractivity contribution in [2.45, 2.75) is 0 Å². The van der Waals surface area contributed by atoms with Crippen LogP contribution in [0.4, 0.5) is 0 Å². The van der Waals surface area contributed by atoms with Crippen LogP contribution in [-0.2, 0) is 0 Å². The van der Waals surface area contributed by atoms with Gasteiger partial charge in [0, 0.05) is 13.9 Å². The minimum atomic E-state index is -0.270. The molecule has 1 aliphatic rings. The van der Waals surface area contributed by atoms with Gasteiger partial charge in [0.25, 0.3) is 0 Å². The van der Waals surface area contributed by atoms with Crippen LogP contribution < -0.4 is 0 Å². The van der Waals surface area contributed by atoms with Crippen LogP contribution in [-0.4, -0.2) is 37.5 Å². The summed E-state index contributed by atoms with van der Waals surface area (Å²) in [5.74, 6) is 0. The lowest BCUT2D eigenvalue weighted by atomic mass is 10.4. The van der Waals surface area contributed by atoms with Gasteiger partial charge in [-0.15, -0.1) is 0 Å². The first kappa shape index (κ1) is 10.4. The van der Waals surface area contributed by atoms with Gasteiger partial charge in [-0.25, -0.2) is 0 Å². The maximum Gasteiger partial charge on any atom is 0.0466 e. The van der Waals surface area contributed by atoms with Crippen LogP contribution in [0.15, 0.2) is 0 Å². The lowest BCUT2D eigenvalue weighted by molar-refractivity contribution is 0.576. The summed E-state index contributed by atoms with van der Waals surface area (Å²) in [5, 5.41) is 0. The monoisotopic (exact) mass is 183 g/mol. The lowest BCUT2D eigenvalue weighted by Gasteiger charge is -2.34. The second-order valence-electron chi connectivity index (χ2n) is 3.13. The third-order valence-corrected chi connectivity index (χ3v) is 3.91. The van der Waals surface area contributed by atoms with E-state index in [1.807, 2.05) is 0 Å². The molecule has 0 aromatic heterocycles. The van der Waals surface area contributed by atoms with Gasteiger partial charge in [0.15, 0.2) is 0 Å². The second-order valence-corrected chi connectivity index (χ2v) is 5.82. The van der Waals surface area contributed by atoms with Crippen LogP contribution in [0.1, 0.15) is 0 Å². The van der Waals surface area contributed by atoms with Crippen LogP contribution in [0.25, 0.3) is 0 Å². The van der Waals surface area contributed by atoms with Crippen LogP contribution in [0.5, 0.6) is 0 Å². The van der Waals surface area contributed by atoms with E-state index in [1.54, 1.807) is 0 Å². The predicted molar refractivity (Wildman–Crippen MR) is 54.7 cm³/mol. The van der Waals surface area contributed by atoms with Crippen molar-refractivity contribution >= 4 is 8.22 Å². The molecule has 0 aromatic carbocycles. The Morgan fingerprint density at radius 3 is 1.67 bits per heavy atom. The molecule has 3 heteroatoms. The van der Waals surface area contributed by atoms with Crippen molar-refractivity contribution in [1.29, 1.82) is 0 Å². The summed E-state index contributed by atoms with van der Waals surface area (Å²) in [6.45, 7) is 0. The minimum absolute atomic E-state index is 0.270. The molecule has 0 unspecified atom stereocenters. The van der Waals surface area contributed by atoms with Gasteiger partial charge in [-0.2, -0.15) is 0 Å². The van der Waals surface area contributed by atoms with E-state index in [-0.39, 0.29) is 8.22 Å². The molecule has 0 atom stereocenters. The molecule has 0 aliphatic heterocycles. The summed E-state index contributed by atoms with van der Waals surface area (Å²) < 4.78 is 4.54. The Morgan fingerprint density at radius 2 is 1.33 bits per heavy atom. The zero-order valence-electron chi connectivity index (χ0n) is 8.15. The van der Waals surface area contributed by atoms with Crippen LogP contribution >= 0.6 is 8.22 Å². The van der Waals surface area contributed by atoms with Crippen molar-refractivity contribution in [3.05, 3.63) is 31.3 Å². The quantitative estimate of drug-likeness (QED) is 0.615. The molecule has 2 nitrogen and oxygen atoms in total. The van der Waals surface area contributed by atoms with Gasteiger partial charge >= 0.3 is 0 Å². The molecule has 0 bridgehead atoms. The SMILES string of the molecule is CN(C)P([C]1[CH][CH][CH][CH]1)N(C)C. The summed E-state index contributed by atoms with van der Waals surface area (Å²) in [6, 6.07) is 0. The third-order valence-electron chi connectivity index (χ3n) is 1.63. The van der Waals surface area contributed by atoms with Crippen molar-refractivity contribution < 1.29 is 0 Å². The van der Waals surface area contributed by atoms with Gasteiger partial charge in [-0.05, 0) is 53.9 Å². The van der Waals surface area contributed by atoms with E-state index in [4.69, 9.17) is 0 Å². The van der Waals surface area contributed by atoms with Crippen molar-refractivity contribution in [2.75, 3.05) is 28.2 Å². The zero-order valence-corrected chi connectivity index (χ0v) is 9.05. The Bertz CT molecular complexity index is 122. The highest BCUT2D eigenvalue weighted by atomic mass is 31.1. The molecule has 1 saturated carbocycles. The normalized spacial score (nSPS) is 20.2. The van der Waals surface area contributed by atoms with E-state index in [0.717, 1.165) is 0 Å². The van der Waals surface area contributed by atoms with Gasteiger partial charge in [-0.3, -0.25) is 9.34 Å². The average Bonchev–Trinajstić information content (AvgIpc) is 2.37. The summed E-state index contributed by atoms with van der Waals surface area (Å²) in [6.07, 6.45) is 8.56. The van der Waals surface area contributed by atoms with Crippen LogP contribution in [0, 0.1) is 31.3 Å². The third kappa shape index (κ3) is 2.42. The highest BCUT2D eigenvalue weighted by Crippen LogP contribution is 2.55. The van der Waals surface area contributed by atoms with Crippen LogP contribution in [0.2, 0.25) is 0 Å². The summed E-state index contributed by atoms with van der Waals surface area (Å²) in [5.41, 5.74) is 1.42. The standard InChI is InChI=1S/C9H16N2P/c1-10(2)12(11(3)4)9-7-5-6-8-9/h5-8H,1-4H3. The highest BCUT2D eigenvalue weighted by molar-refractivity contribution is 7.56. The molecular weight excluding hydrogens is 167 g/mol. The van der Waals surface area contributed by atoms with E-state index in [2.05, 4.69) is 63.2 Å². The fourth-order valence-corrected chi connectivity index (χ4v) is 3.39. The Morgan fingerprint density at radius 1 is 0.917 bits per heavy atom. The predicted octanol–water partition coefficient (Wildman–Crippen LogP) is 1.78. The largest absolute Gasteiger partial charge is 0.276 e. The van der Waals surface area contributed by atoms with E-state index in [1.165, 1.54) is 5.66 Å². The molecule has 0 amide bonds. The molecular formula is C9H16N2P. The number of nitrogens with zero attached hydrogens (tertiary/aromatic N) is 2. The summed E-state index contributed by atoms with van der Waals surface area (Å²) >= 11 is 0. The van der Waals surface area contributed by atoms with E-state index in [0.29, 0.717) is 0 Å². The van der Waals surface area contributed by atoms with Gasteiger partial charge in [-0.1, -0.05) is 0 Å². The fraction of sp³-hybridized carbons (Fsp3) is 0.444. The second kappa shape index (κ2) is 4.55. The smallest absolute Gasteiger partial charge is 0.0466 e. The number of hydrogen-bond acceptors (Lipinski definition) is 2. The molecule has 1 rings (SSSR count). The molecule has 5 radical (unpaired) electrons. The van der Waals surface area contributed by atoms with Crippen LogP contribution in [0.3, 0.4) is 0 Å². The first-order valence-electron chi connectivity index (χ1n) is 3.99. The van der Waals surface area contributed by atoms with Crippen molar-refractivity contribution in [2.24, 2.45) is 0 Å². The molecule has 0 N–H and O–H groups in total. The summed E-state index contributed by atoms with van der Waals surface area (Å²) in [7, 11) is 8.22. The molecule has 12 heavy (non-hydrogen) atoms. The fourth-order valence-electron chi connectivity index (χ4n) is 1.32. The Balaban J connectivity index is 2.52. The minimum Gasteiger partial charge on any atom is -0.276 e. The molecule has 0 heterocycles. The average molecular weight is 183 g/mol. The highest BCUT2D eigenvalue weighted by Gasteiger charge is 2.29. The van der Waals surface area contributed by atoms with Gasteiger partial charge in [0.1, 0.15) is 0 Å². The Labute approximate surface area is 77.8 Å². The van der Waals surface area contributed by atoms with Crippen molar-refractivity contribution in [1.82, 2.24) is 9.34 Å². The van der Waals surface area contributed by atoms with E-state index in [9.17, 15) is 0 Å². The van der Waals surface area contributed by atoms with Gasteiger partial charge < -0.3 is 0 Å². The van der Waals surface area contributed by atoms with Gasteiger partial charge in [0.2, 0.25) is 0 Å². The number of rotatable bonds is 3. The van der Waals surface area contributed by atoms with Gasteiger partial charge in [0.05, 0.1) is 0 Å². The zero-order chi connectivity index (χ0) is 9.14. The molecule has 1 aliphatic carbocycles. The first-order valence-corrected chi connectivity index (χ1v) is 5.24. The number of hydrogen-bond donors (Lipinski definition) is 0. The first-order chi connectivity index (χ1) is 5.63. The van der Waals surface area contributed by atoms with E-state index < -0.39 is 0 Å². The Hall–Kier alpha value is 0.350. The van der Waals surface area contributed by atoms with Crippen molar-refractivity contribution in [3.63, 3.8) is 0 Å². The molecule has 67 valence electrons. The molecule has 0 aromatic rings. The van der Waals surface area contributed by atoms with Crippen molar-refractivity contribution in [3.8, 4) is 0 Å². The maximum atomic E-state index is 2.27. The molecule has 0 saturated heterocycles. The molecule has 1 fully saturated rings. The molecule has 0 spiro atoms. The summed E-state index contributed by atoms with van der Waals surface area (Å²) in [4.78, 5) is 0. The van der Waals surface area contributed by atoms with E-state index >= 15 is 0 Å². The Kier molecular flexibility index (Phi) is 3.95. The lowest BCUT2D eigenvalue weighted by Crippen LogP contribution is -2.20. The topological polar surface area (TPSA) is 6.48 Å². The maximum absolute atomic E-state index is 2.27.